The number of rotatable bonds is 4. The molecule has 0 aliphatic carbocycles. The van der Waals surface area contributed by atoms with E-state index in [2.05, 4.69) is 150 Å². The van der Waals surface area contributed by atoms with Crippen molar-refractivity contribution in [2.75, 3.05) is 4.90 Å². The lowest BCUT2D eigenvalue weighted by atomic mass is 9.35. The van der Waals surface area contributed by atoms with Gasteiger partial charge in [0.05, 0.1) is 17.1 Å². The number of benzene rings is 8. The molecule has 0 N–H and O–H groups in total. The Morgan fingerprint density at radius 1 is 0.463 bits per heavy atom. The third-order valence-electron chi connectivity index (χ3n) is 11.0. The van der Waals surface area contributed by atoms with Crippen LogP contribution in [0.15, 0.2) is 174 Å². The van der Waals surface area contributed by atoms with Crippen LogP contribution in [0.4, 0.5) is 17.1 Å². The fourth-order valence-corrected chi connectivity index (χ4v) is 9.75. The highest BCUT2D eigenvalue weighted by molar-refractivity contribution is 7.25. The minimum absolute atomic E-state index is 0.0143. The number of fused-ring (bicyclic) bond motifs is 10. The topological polar surface area (TPSA) is 34.8 Å². The fourth-order valence-electron chi connectivity index (χ4n) is 8.62. The normalized spacial score (nSPS) is 12.7. The third-order valence-corrected chi connectivity index (χ3v) is 12.1. The van der Waals surface area contributed by atoms with Gasteiger partial charge in [0.2, 0.25) is 0 Å². The van der Waals surface area contributed by atoms with Crippen LogP contribution in [0.5, 0.6) is 23.0 Å². The molecule has 4 nitrogen and oxygen atoms in total. The van der Waals surface area contributed by atoms with Crippen LogP contribution in [-0.4, -0.2) is 6.71 Å². The first kappa shape index (κ1) is 29.8. The van der Waals surface area contributed by atoms with E-state index < -0.39 is 0 Å². The first-order valence-corrected chi connectivity index (χ1v) is 19.0. The van der Waals surface area contributed by atoms with E-state index in [9.17, 15) is 0 Å². The standard InChI is InChI=1S/C48H28BNO3S/c1-2-13-29(14-3-1)34-28-46-35(32-16-5-11-24-45(32)54-46)27-39(34)50(38-20-12-17-33-31-15-4-8-21-40(31)53-48(33)38)30-25-43-47-44(26-30)52-42-23-10-7-19-37(42)49(47)36-18-6-9-22-41(36)51-43/h1-28H. The SMILES string of the molecule is c1ccc(-c2cc3sc4ccccc4c3cc2N(c2cc3c4c(c2)Oc2ccccc2B4c2ccccc2O3)c2cccc3c2oc2ccccc23)cc1. The minimum Gasteiger partial charge on any atom is -0.458 e. The van der Waals surface area contributed by atoms with Gasteiger partial charge >= 0.3 is 0 Å². The zero-order valence-electron chi connectivity index (χ0n) is 28.8. The van der Waals surface area contributed by atoms with Crippen molar-refractivity contribution in [2.24, 2.45) is 0 Å². The number of furan rings is 1. The molecular weight excluding hydrogens is 681 g/mol. The van der Waals surface area contributed by atoms with E-state index in [-0.39, 0.29) is 6.71 Å². The lowest BCUT2D eigenvalue weighted by Gasteiger charge is -2.35. The van der Waals surface area contributed by atoms with Crippen LogP contribution in [0.1, 0.15) is 0 Å². The highest BCUT2D eigenvalue weighted by Crippen LogP contribution is 2.50. The Labute approximate surface area is 315 Å². The average molecular weight is 710 g/mol. The van der Waals surface area contributed by atoms with Gasteiger partial charge in [-0.2, -0.15) is 0 Å². The summed E-state index contributed by atoms with van der Waals surface area (Å²) in [5.41, 5.74) is 10.1. The van der Waals surface area contributed by atoms with E-state index >= 15 is 0 Å². The van der Waals surface area contributed by atoms with Crippen molar-refractivity contribution in [1.29, 1.82) is 0 Å². The third kappa shape index (κ3) is 4.32. The van der Waals surface area contributed by atoms with Gasteiger partial charge in [0.25, 0.3) is 6.71 Å². The molecule has 0 bridgehead atoms. The predicted molar refractivity (Wildman–Crippen MR) is 224 cm³/mol. The van der Waals surface area contributed by atoms with Crippen molar-refractivity contribution >= 4 is 93.6 Å². The zero-order chi connectivity index (χ0) is 35.3. The van der Waals surface area contributed by atoms with Crippen molar-refractivity contribution in [3.8, 4) is 34.1 Å². The molecule has 8 aromatic carbocycles. The van der Waals surface area contributed by atoms with Crippen LogP contribution < -0.4 is 30.8 Å². The highest BCUT2D eigenvalue weighted by Gasteiger charge is 2.41. The van der Waals surface area contributed by atoms with Crippen molar-refractivity contribution in [1.82, 2.24) is 0 Å². The van der Waals surface area contributed by atoms with Crippen LogP contribution in [0.2, 0.25) is 0 Å². The van der Waals surface area contributed by atoms with Gasteiger partial charge < -0.3 is 18.8 Å². The van der Waals surface area contributed by atoms with Crippen molar-refractivity contribution < 1.29 is 13.9 Å². The summed E-state index contributed by atoms with van der Waals surface area (Å²) in [6.07, 6.45) is 0. The molecule has 0 spiro atoms. The summed E-state index contributed by atoms with van der Waals surface area (Å²) in [6, 6.07) is 59.9. The number of thiophene rings is 1. The summed E-state index contributed by atoms with van der Waals surface area (Å²) in [4.78, 5) is 2.35. The Hall–Kier alpha value is -6.76. The number of hydrogen-bond acceptors (Lipinski definition) is 5. The van der Waals surface area contributed by atoms with E-state index in [0.29, 0.717) is 0 Å². The molecule has 54 heavy (non-hydrogen) atoms. The monoisotopic (exact) mass is 709 g/mol. The molecule has 12 rings (SSSR count). The maximum Gasteiger partial charge on any atom is 0.260 e. The Morgan fingerprint density at radius 3 is 1.89 bits per heavy atom. The Morgan fingerprint density at radius 2 is 1.11 bits per heavy atom. The van der Waals surface area contributed by atoms with Crippen LogP contribution in [0, 0.1) is 0 Å². The second-order valence-electron chi connectivity index (χ2n) is 14.0. The van der Waals surface area contributed by atoms with Gasteiger partial charge in [-0.15, -0.1) is 11.3 Å². The molecule has 0 radical (unpaired) electrons. The van der Waals surface area contributed by atoms with Crippen LogP contribution in [-0.2, 0) is 0 Å². The van der Waals surface area contributed by atoms with Gasteiger partial charge in [0.1, 0.15) is 28.6 Å². The van der Waals surface area contributed by atoms with E-state index in [1.807, 2.05) is 35.6 Å². The average Bonchev–Trinajstić information content (AvgIpc) is 3.79. The molecule has 2 aromatic heterocycles. The molecule has 0 amide bonds. The van der Waals surface area contributed by atoms with Gasteiger partial charge in [-0.1, -0.05) is 115 Å². The first-order valence-electron chi connectivity index (χ1n) is 18.2. The summed E-state index contributed by atoms with van der Waals surface area (Å²) in [6.45, 7) is -0.0143. The van der Waals surface area contributed by atoms with Crippen LogP contribution in [0.25, 0.3) is 53.2 Å². The molecule has 0 unspecified atom stereocenters. The quantitative estimate of drug-likeness (QED) is 0.170. The lowest BCUT2D eigenvalue weighted by Crippen LogP contribution is -2.57. The molecule has 10 aromatic rings. The molecule has 4 heterocycles. The predicted octanol–water partition coefficient (Wildman–Crippen LogP) is 11.8. The molecule has 0 saturated carbocycles. The molecule has 0 saturated heterocycles. The van der Waals surface area contributed by atoms with Crippen LogP contribution >= 0.6 is 11.3 Å². The van der Waals surface area contributed by atoms with Gasteiger partial charge in [-0.3, -0.25) is 0 Å². The van der Waals surface area contributed by atoms with E-state index in [1.54, 1.807) is 0 Å². The molecule has 0 atom stereocenters. The molecular formula is C48H28BNO3S. The Kier molecular flexibility index (Phi) is 6.27. The summed E-state index contributed by atoms with van der Waals surface area (Å²) >= 11 is 1.83. The largest absolute Gasteiger partial charge is 0.458 e. The summed E-state index contributed by atoms with van der Waals surface area (Å²) in [7, 11) is 0. The van der Waals surface area contributed by atoms with Gasteiger partial charge in [0.15, 0.2) is 5.58 Å². The second kappa shape index (κ2) is 11.4. The summed E-state index contributed by atoms with van der Waals surface area (Å²) in [5.74, 6) is 3.28. The Balaban J connectivity index is 1.19. The summed E-state index contributed by atoms with van der Waals surface area (Å²) < 4.78 is 23.0. The summed E-state index contributed by atoms with van der Waals surface area (Å²) in [5, 5.41) is 4.59. The zero-order valence-corrected chi connectivity index (χ0v) is 29.6. The molecule has 2 aliphatic rings. The first-order chi connectivity index (χ1) is 26.8. The van der Waals surface area contributed by atoms with Crippen molar-refractivity contribution in [3.63, 3.8) is 0 Å². The van der Waals surface area contributed by atoms with Gasteiger partial charge in [-0.05, 0) is 59.0 Å². The molecule has 252 valence electrons. The molecule has 0 fully saturated rings. The van der Waals surface area contributed by atoms with Crippen molar-refractivity contribution in [3.05, 3.63) is 170 Å². The number of hydrogen-bond donors (Lipinski definition) is 0. The second-order valence-corrected chi connectivity index (χ2v) is 15.1. The molecule has 2 aliphatic heterocycles. The smallest absolute Gasteiger partial charge is 0.260 e. The number of para-hydroxylation sites is 4. The maximum atomic E-state index is 6.84. The maximum absolute atomic E-state index is 6.84. The van der Waals surface area contributed by atoms with Gasteiger partial charge in [-0.25, -0.2) is 0 Å². The van der Waals surface area contributed by atoms with E-state index in [1.165, 1.54) is 20.2 Å². The number of anilines is 3. The van der Waals surface area contributed by atoms with E-state index in [4.69, 9.17) is 13.9 Å². The van der Waals surface area contributed by atoms with Gasteiger partial charge in [0, 0.05) is 54.1 Å². The number of nitrogens with zero attached hydrogens (tertiary/aromatic N) is 1. The van der Waals surface area contributed by atoms with Crippen molar-refractivity contribution in [2.45, 2.75) is 0 Å². The van der Waals surface area contributed by atoms with E-state index in [0.717, 1.165) is 89.5 Å². The Bertz CT molecular complexity index is 3080. The lowest BCUT2D eigenvalue weighted by molar-refractivity contribution is 0.465. The minimum atomic E-state index is -0.0143. The molecule has 6 heteroatoms. The van der Waals surface area contributed by atoms with Crippen LogP contribution in [0.3, 0.4) is 0 Å². The highest BCUT2D eigenvalue weighted by atomic mass is 32.1. The number of ether oxygens (including phenoxy) is 2. The fraction of sp³-hybridized carbons (Fsp3) is 0.